The second-order valence-corrected chi connectivity index (χ2v) is 6.95. The number of pyridine rings is 1. The first-order valence-corrected chi connectivity index (χ1v) is 9.89. The van der Waals surface area contributed by atoms with Crippen LogP contribution in [-0.4, -0.2) is 30.4 Å². The molecular weight excluding hydrogens is 367 g/mol. The highest BCUT2D eigenvalue weighted by Gasteiger charge is 2.28. The number of halogens is 1. The Balaban J connectivity index is 1.56. The van der Waals surface area contributed by atoms with E-state index in [0.717, 1.165) is 18.5 Å². The summed E-state index contributed by atoms with van der Waals surface area (Å²) in [7, 11) is 0. The predicted octanol–water partition coefficient (Wildman–Crippen LogP) is 4.32. The highest BCUT2D eigenvalue weighted by Crippen LogP contribution is 2.40. The third-order valence-corrected chi connectivity index (χ3v) is 4.81. The van der Waals surface area contributed by atoms with Gasteiger partial charge in [0, 0.05) is 18.0 Å². The van der Waals surface area contributed by atoms with Crippen LogP contribution >= 0.6 is 11.8 Å². The van der Waals surface area contributed by atoms with Crippen molar-refractivity contribution < 1.29 is 18.7 Å². The van der Waals surface area contributed by atoms with E-state index in [1.54, 1.807) is 18.2 Å². The summed E-state index contributed by atoms with van der Waals surface area (Å²) in [6, 6.07) is 9.49. The molecule has 7 heteroatoms. The fraction of sp³-hybridized carbons (Fsp3) is 0.350. The van der Waals surface area contributed by atoms with Gasteiger partial charge in [0.05, 0.1) is 24.3 Å². The van der Waals surface area contributed by atoms with E-state index in [1.807, 2.05) is 6.26 Å². The molecule has 27 heavy (non-hydrogen) atoms. The zero-order chi connectivity index (χ0) is 19.2. The van der Waals surface area contributed by atoms with Gasteiger partial charge in [-0.25, -0.2) is 14.2 Å². The average molecular weight is 386 g/mol. The van der Waals surface area contributed by atoms with Crippen LogP contribution in [0.4, 0.5) is 4.39 Å². The maximum absolute atomic E-state index is 12.8. The second kappa shape index (κ2) is 8.87. The molecule has 140 valence electrons. The number of nitrogens with zero attached hydrogens (tertiary/aromatic N) is 2. The molecule has 5 nitrogen and oxygen atoms in total. The van der Waals surface area contributed by atoms with Crippen molar-refractivity contribution in [2.75, 3.05) is 19.5 Å². The molecule has 0 bridgehead atoms. The number of carbonyl (C=O) groups excluding carboxylic acids is 1. The van der Waals surface area contributed by atoms with Crippen LogP contribution in [-0.2, 0) is 4.74 Å². The van der Waals surface area contributed by atoms with E-state index in [4.69, 9.17) is 9.47 Å². The summed E-state index contributed by atoms with van der Waals surface area (Å²) < 4.78 is 23.6. The van der Waals surface area contributed by atoms with Crippen LogP contribution in [0.3, 0.4) is 0 Å². The topological polar surface area (TPSA) is 72.2 Å². The standard InChI is InChI=1S/C20H19FN2O3S/c1-27-19-17(12-22)16(11-18(23-19)13-3-4-13)20(24)26-10-2-9-25-15-7-5-14(21)6-8-15/h5-8,11,13H,2-4,9-10H2,1H3. The smallest absolute Gasteiger partial charge is 0.339 e. The summed E-state index contributed by atoms with van der Waals surface area (Å²) in [5.74, 6) is 0.0895. The van der Waals surface area contributed by atoms with Gasteiger partial charge < -0.3 is 9.47 Å². The minimum Gasteiger partial charge on any atom is -0.493 e. The first-order chi connectivity index (χ1) is 13.1. The Morgan fingerprint density at radius 3 is 2.70 bits per heavy atom. The summed E-state index contributed by atoms with van der Waals surface area (Å²) in [4.78, 5) is 17.0. The summed E-state index contributed by atoms with van der Waals surface area (Å²) in [5, 5.41) is 9.99. The minimum atomic E-state index is -0.520. The molecule has 1 saturated carbocycles. The molecule has 0 unspecified atom stereocenters. The van der Waals surface area contributed by atoms with E-state index in [2.05, 4.69) is 11.1 Å². The lowest BCUT2D eigenvalue weighted by molar-refractivity contribution is 0.0485. The number of hydrogen-bond acceptors (Lipinski definition) is 6. The molecular formula is C20H19FN2O3S. The van der Waals surface area contributed by atoms with Gasteiger partial charge in [-0.15, -0.1) is 11.8 Å². The highest BCUT2D eigenvalue weighted by molar-refractivity contribution is 7.98. The van der Waals surface area contributed by atoms with Gasteiger partial charge in [0.25, 0.3) is 0 Å². The third-order valence-electron chi connectivity index (χ3n) is 4.13. The number of nitriles is 1. The van der Waals surface area contributed by atoms with Crippen LogP contribution in [0.1, 0.15) is 46.8 Å². The van der Waals surface area contributed by atoms with E-state index < -0.39 is 5.97 Å². The van der Waals surface area contributed by atoms with Crippen LogP contribution in [0.5, 0.6) is 5.75 Å². The molecule has 0 amide bonds. The van der Waals surface area contributed by atoms with Crippen LogP contribution in [0, 0.1) is 17.1 Å². The number of carbonyl (C=O) groups is 1. The molecule has 1 heterocycles. The lowest BCUT2D eigenvalue weighted by Gasteiger charge is -2.11. The molecule has 0 N–H and O–H groups in total. The van der Waals surface area contributed by atoms with E-state index in [-0.39, 0.29) is 23.6 Å². The molecule has 1 aromatic carbocycles. The van der Waals surface area contributed by atoms with Crippen molar-refractivity contribution in [3.63, 3.8) is 0 Å². The number of hydrogen-bond donors (Lipinski definition) is 0. The Labute approximate surface area is 161 Å². The molecule has 2 aromatic rings. The van der Waals surface area contributed by atoms with Crippen LogP contribution < -0.4 is 4.74 Å². The molecule has 1 aliphatic rings. The SMILES string of the molecule is CSc1nc(C2CC2)cc(C(=O)OCCCOc2ccc(F)cc2)c1C#N. The number of aromatic nitrogens is 1. The third kappa shape index (κ3) is 4.98. The minimum absolute atomic E-state index is 0.167. The predicted molar refractivity (Wildman–Crippen MR) is 99.5 cm³/mol. The maximum Gasteiger partial charge on any atom is 0.339 e. The Bertz CT molecular complexity index is 861. The van der Waals surface area contributed by atoms with E-state index in [1.165, 1.54) is 23.9 Å². The maximum atomic E-state index is 12.8. The molecule has 0 spiro atoms. The number of benzene rings is 1. The highest BCUT2D eigenvalue weighted by atomic mass is 32.2. The molecule has 1 fully saturated rings. The van der Waals surface area contributed by atoms with Gasteiger partial charge >= 0.3 is 5.97 Å². The van der Waals surface area contributed by atoms with Crippen molar-refractivity contribution in [3.8, 4) is 11.8 Å². The molecule has 1 aromatic heterocycles. The van der Waals surface area contributed by atoms with Crippen LogP contribution in [0.2, 0.25) is 0 Å². The first kappa shape index (κ1) is 19.2. The Morgan fingerprint density at radius 2 is 2.07 bits per heavy atom. The summed E-state index contributed by atoms with van der Waals surface area (Å²) in [5.41, 5.74) is 1.39. The van der Waals surface area contributed by atoms with Gasteiger partial charge in [0.2, 0.25) is 0 Å². The summed E-state index contributed by atoms with van der Waals surface area (Å²) in [6.07, 6.45) is 4.44. The Kier molecular flexibility index (Phi) is 6.30. The van der Waals surface area contributed by atoms with Crippen molar-refractivity contribution >= 4 is 17.7 Å². The van der Waals surface area contributed by atoms with Gasteiger partial charge in [-0.3, -0.25) is 0 Å². The van der Waals surface area contributed by atoms with Gasteiger partial charge in [0.15, 0.2) is 0 Å². The second-order valence-electron chi connectivity index (χ2n) is 6.16. The molecule has 1 aliphatic carbocycles. The lowest BCUT2D eigenvalue weighted by atomic mass is 10.1. The van der Waals surface area contributed by atoms with Crippen LogP contribution in [0.15, 0.2) is 35.4 Å². The first-order valence-electron chi connectivity index (χ1n) is 8.67. The molecule has 0 atom stereocenters. The van der Waals surface area contributed by atoms with E-state index >= 15 is 0 Å². The molecule has 0 aliphatic heterocycles. The normalized spacial score (nSPS) is 13.1. The van der Waals surface area contributed by atoms with Gasteiger partial charge in [-0.05, 0) is 49.4 Å². The number of ether oxygens (including phenoxy) is 2. The van der Waals surface area contributed by atoms with Crippen molar-refractivity contribution in [2.24, 2.45) is 0 Å². The number of thioether (sulfide) groups is 1. The van der Waals surface area contributed by atoms with Crippen molar-refractivity contribution in [1.29, 1.82) is 5.26 Å². The fourth-order valence-corrected chi connectivity index (χ4v) is 3.12. The van der Waals surface area contributed by atoms with Gasteiger partial charge in [-0.1, -0.05) is 0 Å². The van der Waals surface area contributed by atoms with Crippen LogP contribution in [0.25, 0.3) is 0 Å². The zero-order valence-corrected chi connectivity index (χ0v) is 15.7. The largest absolute Gasteiger partial charge is 0.493 e. The van der Waals surface area contributed by atoms with E-state index in [9.17, 15) is 14.4 Å². The zero-order valence-electron chi connectivity index (χ0n) is 14.9. The Hall–Kier alpha value is -2.59. The van der Waals surface area contributed by atoms with Crippen molar-refractivity contribution in [2.45, 2.75) is 30.2 Å². The quantitative estimate of drug-likeness (QED) is 0.382. The Morgan fingerprint density at radius 1 is 1.33 bits per heavy atom. The molecule has 3 rings (SSSR count). The number of rotatable bonds is 8. The van der Waals surface area contributed by atoms with Gasteiger partial charge in [-0.2, -0.15) is 5.26 Å². The number of esters is 1. The summed E-state index contributed by atoms with van der Waals surface area (Å²) in [6.45, 7) is 0.504. The van der Waals surface area contributed by atoms with Gasteiger partial charge in [0.1, 0.15) is 22.7 Å². The molecule has 0 saturated heterocycles. The summed E-state index contributed by atoms with van der Waals surface area (Å²) >= 11 is 1.35. The molecule has 0 radical (unpaired) electrons. The van der Waals surface area contributed by atoms with Crippen molar-refractivity contribution in [1.82, 2.24) is 4.98 Å². The average Bonchev–Trinajstić information content (AvgIpc) is 3.53. The fourth-order valence-electron chi connectivity index (χ4n) is 2.57. The monoisotopic (exact) mass is 386 g/mol. The van der Waals surface area contributed by atoms with Crippen molar-refractivity contribution in [3.05, 3.63) is 53.0 Å². The van der Waals surface area contributed by atoms with E-state index in [0.29, 0.717) is 29.7 Å². The lowest BCUT2D eigenvalue weighted by Crippen LogP contribution is -2.12.